The molecule has 7 nitrogen and oxygen atoms in total. The Morgan fingerprint density at radius 3 is 2.90 bits per heavy atom. The van der Waals surface area contributed by atoms with E-state index in [0.29, 0.717) is 16.1 Å². The van der Waals surface area contributed by atoms with Crippen molar-refractivity contribution in [1.82, 2.24) is 14.6 Å². The van der Waals surface area contributed by atoms with Crippen LogP contribution < -0.4 is 5.32 Å². The summed E-state index contributed by atoms with van der Waals surface area (Å²) in [7, 11) is 0. The zero-order valence-corrected chi connectivity index (χ0v) is 11.7. The number of amides is 1. The molecule has 0 bridgehead atoms. The fourth-order valence-corrected chi connectivity index (χ4v) is 2.84. The lowest BCUT2D eigenvalue weighted by Crippen LogP contribution is -2.13. The summed E-state index contributed by atoms with van der Waals surface area (Å²) < 4.78 is 1.53. The number of aryl methyl sites for hydroxylation is 1. The van der Waals surface area contributed by atoms with E-state index in [2.05, 4.69) is 15.4 Å². The number of nitrogens with zero attached hydrogens (tertiary/aromatic N) is 3. The third-order valence-electron chi connectivity index (χ3n) is 2.88. The number of anilines is 1. The average Bonchev–Trinajstić information content (AvgIpc) is 3.02. The van der Waals surface area contributed by atoms with Crippen molar-refractivity contribution in [3.05, 3.63) is 46.9 Å². The van der Waals surface area contributed by atoms with Crippen LogP contribution in [0.4, 0.5) is 5.00 Å². The molecule has 0 aliphatic heterocycles. The van der Waals surface area contributed by atoms with E-state index in [1.54, 1.807) is 19.3 Å². The second-order valence-corrected chi connectivity index (χ2v) is 5.58. The van der Waals surface area contributed by atoms with Crippen LogP contribution in [0.15, 0.2) is 30.9 Å². The summed E-state index contributed by atoms with van der Waals surface area (Å²) in [6.07, 6.45) is 6.14. The Bertz CT molecular complexity index is 852. The topological polar surface area (TPSA) is 96.6 Å². The van der Waals surface area contributed by atoms with Gasteiger partial charge >= 0.3 is 5.97 Å². The number of carboxylic acid groups (broad SMARTS) is 1. The normalized spacial score (nSPS) is 10.7. The SMILES string of the molecule is Cc1cc(C(=O)O)c(NC(=O)c2cnn3ccncc23)s1. The highest BCUT2D eigenvalue weighted by atomic mass is 32.1. The predicted octanol–water partition coefficient (Wildman–Crippen LogP) is 2.05. The lowest BCUT2D eigenvalue weighted by atomic mass is 10.2. The Hall–Kier alpha value is -2.74. The number of carboxylic acids is 1. The first kappa shape index (κ1) is 13.3. The Kier molecular flexibility index (Phi) is 3.15. The van der Waals surface area contributed by atoms with Gasteiger partial charge in [0.05, 0.1) is 29.0 Å². The molecule has 0 atom stereocenters. The van der Waals surface area contributed by atoms with Crippen LogP contribution in [0.2, 0.25) is 0 Å². The quantitative estimate of drug-likeness (QED) is 0.772. The summed E-state index contributed by atoms with van der Waals surface area (Å²) in [5.74, 6) is -1.49. The Labute approximate surface area is 122 Å². The van der Waals surface area contributed by atoms with E-state index in [9.17, 15) is 9.59 Å². The third-order valence-corrected chi connectivity index (χ3v) is 3.85. The van der Waals surface area contributed by atoms with Crippen molar-refractivity contribution in [3.63, 3.8) is 0 Å². The number of hydrogen-bond donors (Lipinski definition) is 2. The van der Waals surface area contributed by atoms with Gasteiger partial charge in [0.1, 0.15) is 5.00 Å². The smallest absolute Gasteiger partial charge is 0.338 e. The highest BCUT2D eigenvalue weighted by Crippen LogP contribution is 2.28. The fraction of sp³-hybridized carbons (Fsp3) is 0.0769. The van der Waals surface area contributed by atoms with E-state index in [-0.39, 0.29) is 5.56 Å². The van der Waals surface area contributed by atoms with E-state index >= 15 is 0 Å². The molecule has 106 valence electrons. The molecule has 2 N–H and O–H groups in total. The molecule has 21 heavy (non-hydrogen) atoms. The molecular formula is C13H10N4O3S. The van der Waals surface area contributed by atoms with Crippen molar-refractivity contribution in [1.29, 1.82) is 0 Å². The van der Waals surface area contributed by atoms with Crippen LogP contribution in [0.1, 0.15) is 25.6 Å². The standard InChI is InChI=1S/C13H10N4O3S/c1-7-4-8(13(19)20)12(21-7)16-11(18)9-5-15-17-3-2-14-6-10(9)17/h2-6H,1H3,(H,16,18)(H,19,20). The lowest BCUT2D eigenvalue weighted by molar-refractivity contribution is 0.0698. The molecule has 0 spiro atoms. The number of fused-ring (bicyclic) bond motifs is 1. The Morgan fingerprint density at radius 2 is 2.14 bits per heavy atom. The first-order valence-electron chi connectivity index (χ1n) is 5.98. The molecule has 0 radical (unpaired) electrons. The van der Waals surface area contributed by atoms with Crippen molar-refractivity contribution in [2.24, 2.45) is 0 Å². The molecule has 0 aliphatic rings. The maximum Gasteiger partial charge on any atom is 0.338 e. The fourth-order valence-electron chi connectivity index (χ4n) is 1.95. The van der Waals surface area contributed by atoms with E-state index in [1.807, 2.05) is 0 Å². The first-order valence-corrected chi connectivity index (χ1v) is 6.80. The number of hydrogen-bond acceptors (Lipinski definition) is 5. The number of carbonyl (C=O) groups is 2. The number of aromatic nitrogens is 3. The van der Waals surface area contributed by atoms with E-state index < -0.39 is 11.9 Å². The van der Waals surface area contributed by atoms with E-state index in [1.165, 1.54) is 34.3 Å². The van der Waals surface area contributed by atoms with Gasteiger partial charge < -0.3 is 10.4 Å². The van der Waals surface area contributed by atoms with Gasteiger partial charge in [0.15, 0.2) is 0 Å². The Balaban J connectivity index is 1.95. The molecule has 1 amide bonds. The highest BCUT2D eigenvalue weighted by molar-refractivity contribution is 7.16. The molecule has 0 saturated carbocycles. The van der Waals surface area contributed by atoms with Gasteiger partial charge in [-0.1, -0.05) is 0 Å². The zero-order chi connectivity index (χ0) is 15.0. The molecule has 0 fully saturated rings. The van der Waals surface area contributed by atoms with Gasteiger partial charge in [-0.3, -0.25) is 9.78 Å². The maximum atomic E-state index is 12.3. The summed E-state index contributed by atoms with van der Waals surface area (Å²) >= 11 is 1.22. The van der Waals surface area contributed by atoms with Gasteiger partial charge in [-0.05, 0) is 13.0 Å². The molecule has 3 rings (SSSR count). The monoisotopic (exact) mass is 302 g/mol. The van der Waals surface area contributed by atoms with Crippen molar-refractivity contribution in [2.75, 3.05) is 5.32 Å². The third kappa shape index (κ3) is 2.36. The van der Waals surface area contributed by atoms with Crippen LogP contribution in [-0.2, 0) is 0 Å². The predicted molar refractivity (Wildman–Crippen MR) is 77.0 cm³/mol. The largest absolute Gasteiger partial charge is 0.478 e. The van der Waals surface area contributed by atoms with Crippen LogP contribution >= 0.6 is 11.3 Å². The average molecular weight is 302 g/mol. The van der Waals surface area contributed by atoms with Crippen LogP contribution in [-0.4, -0.2) is 31.6 Å². The minimum atomic E-state index is -1.07. The molecule has 8 heteroatoms. The minimum absolute atomic E-state index is 0.0837. The van der Waals surface area contributed by atoms with Crippen LogP contribution in [0, 0.1) is 6.92 Å². The highest BCUT2D eigenvalue weighted by Gasteiger charge is 2.19. The van der Waals surface area contributed by atoms with E-state index in [4.69, 9.17) is 5.11 Å². The van der Waals surface area contributed by atoms with Gasteiger partial charge in [0, 0.05) is 17.3 Å². The van der Waals surface area contributed by atoms with Crippen molar-refractivity contribution in [3.8, 4) is 0 Å². The zero-order valence-electron chi connectivity index (χ0n) is 10.9. The van der Waals surface area contributed by atoms with E-state index in [0.717, 1.165) is 4.88 Å². The summed E-state index contributed by atoms with van der Waals surface area (Å²) in [5, 5.41) is 16.1. The maximum absolute atomic E-state index is 12.3. The van der Waals surface area contributed by atoms with Gasteiger partial charge in [-0.15, -0.1) is 11.3 Å². The van der Waals surface area contributed by atoms with Gasteiger partial charge in [-0.2, -0.15) is 5.10 Å². The molecule has 3 heterocycles. The summed E-state index contributed by atoms with van der Waals surface area (Å²) in [5.41, 5.74) is 0.978. The first-order chi connectivity index (χ1) is 10.1. The minimum Gasteiger partial charge on any atom is -0.478 e. The summed E-state index contributed by atoms with van der Waals surface area (Å²) in [6, 6.07) is 1.53. The van der Waals surface area contributed by atoms with Gasteiger partial charge in [0.25, 0.3) is 5.91 Å². The lowest BCUT2D eigenvalue weighted by Gasteiger charge is -2.02. The number of nitrogens with one attached hydrogen (secondary N) is 1. The molecule has 0 saturated heterocycles. The second kappa shape index (κ2) is 4.98. The number of aromatic carboxylic acids is 1. The molecule has 0 unspecified atom stereocenters. The number of thiophene rings is 1. The molecule has 0 aliphatic carbocycles. The summed E-state index contributed by atoms with van der Waals surface area (Å²) in [4.78, 5) is 28.2. The van der Waals surface area contributed by atoms with Crippen molar-refractivity contribution in [2.45, 2.75) is 6.92 Å². The van der Waals surface area contributed by atoms with Crippen molar-refractivity contribution >= 4 is 33.7 Å². The molecule has 0 aromatic carbocycles. The molecular weight excluding hydrogens is 292 g/mol. The van der Waals surface area contributed by atoms with Gasteiger partial charge in [-0.25, -0.2) is 9.31 Å². The Morgan fingerprint density at radius 1 is 1.33 bits per heavy atom. The summed E-state index contributed by atoms with van der Waals surface area (Å²) in [6.45, 7) is 1.78. The van der Waals surface area contributed by atoms with Crippen LogP contribution in [0.3, 0.4) is 0 Å². The second-order valence-electron chi connectivity index (χ2n) is 4.32. The molecule has 3 aromatic heterocycles. The number of rotatable bonds is 3. The van der Waals surface area contributed by atoms with Crippen LogP contribution in [0.25, 0.3) is 5.52 Å². The number of carbonyl (C=O) groups excluding carboxylic acids is 1. The molecule has 3 aromatic rings. The van der Waals surface area contributed by atoms with Crippen molar-refractivity contribution < 1.29 is 14.7 Å². The van der Waals surface area contributed by atoms with Gasteiger partial charge in [0.2, 0.25) is 0 Å². The van der Waals surface area contributed by atoms with Crippen LogP contribution in [0.5, 0.6) is 0 Å².